The third kappa shape index (κ3) is 3.13. The lowest BCUT2D eigenvalue weighted by Crippen LogP contribution is -2.09. The van der Waals surface area contributed by atoms with Crippen molar-refractivity contribution < 1.29 is 17.9 Å². The van der Waals surface area contributed by atoms with Crippen molar-refractivity contribution in [1.82, 2.24) is 4.98 Å². The molecule has 0 unspecified atom stereocenters. The molecule has 118 valence electrons. The summed E-state index contributed by atoms with van der Waals surface area (Å²) >= 11 is 0. The fourth-order valence-corrected chi connectivity index (χ4v) is 2.60. The van der Waals surface area contributed by atoms with Gasteiger partial charge in [-0.25, -0.2) is 4.98 Å². The summed E-state index contributed by atoms with van der Waals surface area (Å²) in [5.41, 5.74) is 0.950. The zero-order valence-electron chi connectivity index (χ0n) is 12.4. The fraction of sp³-hybridized carbons (Fsp3) is 0.167. The maximum absolute atomic E-state index is 13.1. The van der Waals surface area contributed by atoms with Crippen LogP contribution in [0.1, 0.15) is 16.7 Å². The molecule has 0 aliphatic carbocycles. The maximum atomic E-state index is 13.1. The van der Waals surface area contributed by atoms with Crippen LogP contribution in [0.4, 0.5) is 13.2 Å². The first-order chi connectivity index (χ1) is 11.0. The molecule has 0 bridgehead atoms. The third-order valence-corrected chi connectivity index (χ3v) is 3.66. The van der Waals surface area contributed by atoms with Gasteiger partial charge in [0.05, 0.1) is 18.2 Å². The highest BCUT2D eigenvalue weighted by Crippen LogP contribution is 2.34. The molecule has 0 spiro atoms. The van der Waals surface area contributed by atoms with Crippen LogP contribution in [-0.2, 0) is 12.6 Å². The van der Waals surface area contributed by atoms with Gasteiger partial charge in [0.2, 0.25) is 5.88 Å². The van der Waals surface area contributed by atoms with E-state index in [4.69, 9.17) is 4.74 Å². The van der Waals surface area contributed by atoms with E-state index in [9.17, 15) is 13.2 Å². The summed E-state index contributed by atoms with van der Waals surface area (Å²) in [5.74, 6) is 0.348. The number of alkyl halides is 3. The van der Waals surface area contributed by atoms with Crippen molar-refractivity contribution in [3.63, 3.8) is 0 Å². The molecule has 0 saturated heterocycles. The fourth-order valence-electron chi connectivity index (χ4n) is 2.60. The minimum atomic E-state index is -4.38. The minimum Gasteiger partial charge on any atom is -0.481 e. The number of aromatic nitrogens is 1. The Morgan fingerprint density at radius 1 is 0.957 bits per heavy atom. The normalized spacial score (nSPS) is 11.7. The molecule has 0 atom stereocenters. The number of nitrogens with zero attached hydrogens (tertiary/aromatic N) is 1. The zero-order valence-corrected chi connectivity index (χ0v) is 12.4. The summed E-state index contributed by atoms with van der Waals surface area (Å²) in [7, 11) is 1.47. The summed E-state index contributed by atoms with van der Waals surface area (Å²) in [6.45, 7) is 0. The molecule has 0 amide bonds. The van der Waals surface area contributed by atoms with E-state index in [1.807, 2.05) is 30.3 Å². The number of halogens is 3. The van der Waals surface area contributed by atoms with E-state index in [1.165, 1.54) is 19.2 Å². The Morgan fingerprint density at radius 3 is 2.39 bits per heavy atom. The van der Waals surface area contributed by atoms with Gasteiger partial charge < -0.3 is 4.74 Å². The van der Waals surface area contributed by atoms with E-state index >= 15 is 0 Å². The highest BCUT2D eigenvalue weighted by atomic mass is 19.4. The summed E-state index contributed by atoms with van der Waals surface area (Å²) < 4.78 is 44.7. The van der Waals surface area contributed by atoms with Gasteiger partial charge in [-0.2, -0.15) is 13.2 Å². The van der Waals surface area contributed by atoms with Crippen LogP contribution in [0.15, 0.2) is 54.6 Å². The molecular weight excluding hydrogens is 303 g/mol. The van der Waals surface area contributed by atoms with Gasteiger partial charge >= 0.3 is 6.18 Å². The number of methoxy groups -OCH3 is 1. The predicted molar refractivity (Wildman–Crippen MR) is 82.5 cm³/mol. The Hall–Kier alpha value is -2.56. The second kappa shape index (κ2) is 5.91. The van der Waals surface area contributed by atoms with Crippen LogP contribution in [0.5, 0.6) is 5.88 Å². The Morgan fingerprint density at radius 2 is 1.65 bits per heavy atom. The lowest BCUT2D eigenvalue weighted by Gasteiger charge is -2.14. The molecule has 1 aromatic heterocycles. The van der Waals surface area contributed by atoms with Crippen molar-refractivity contribution in [3.8, 4) is 5.88 Å². The van der Waals surface area contributed by atoms with Crippen LogP contribution < -0.4 is 4.74 Å². The molecule has 0 aliphatic rings. The number of hydrogen-bond acceptors (Lipinski definition) is 2. The molecule has 0 saturated carbocycles. The number of fused-ring (bicyclic) bond motifs is 1. The summed E-state index contributed by atoms with van der Waals surface area (Å²) in [5, 5.41) is 0.868. The summed E-state index contributed by atoms with van der Waals surface area (Å²) in [6.07, 6.45) is -4.27. The van der Waals surface area contributed by atoms with Gasteiger partial charge in [0, 0.05) is 17.4 Å². The molecule has 2 nitrogen and oxygen atoms in total. The number of hydrogen-bond donors (Lipinski definition) is 0. The second-order valence-corrected chi connectivity index (χ2v) is 5.18. The van der Waals surface area contributed by atoms with Crippen molar-refractivity contribution in [2.45, 2.75) is 12.6 Å². The van der Waals surface area contributed by atoms with Crippen molar-refractivity contribution in [2.24, 2.45) is 0 Å². The van der Waals surface area contributed by atoms with Crippen molar-refractivity contribution in [1.29, 1.82) is 0 Å². The van der Waals surface area contributed by atoms with Gasteiger partial charge in [-0.1, -0.05) is 36.4 Å². The lowest BCUT2D eigenvalue weighted by molar-refractivity contribution is -0.138. The topological polar surface area (TPSA) is 22.1 Å². The zero-order chi connectivity index (χ0) is 16.4. The molecular formula is C18H14F3NO. The van der Waals surface area contributed by atoms with E-state index < -0.39 is 11.7 Å². The van der Waals surface area contributed by atoms with E-state index in [0.717, 1.165) is 17.0 Å². The van der Waals surface area contributed by atoms with Crippen LogP contribution in [0.2, 0.25) is 0 Å². The quantitative estimate of drug-likeness (QED) is 0.689. The number of rotatable bonds is 3. The molecule has 0 radical (unpaired) electrons. The van der Waals surface area contributed by atoms with Crippen molar-refractivity contribution >= 4 is 10.9 Å². The van der Waals surface area contributed by atoms with E-state index in [1.54, 1.807) is 6.07 Å². The van der Waals surface area contributed by atoms with Crippen molar-refractivity contribution in [2.75, 3.05) is 7.11 Å². The van der Waals surface area contributed by atoms with Gasteiger partial charge in [-0.15, -0.1) is 0 Å². The van der Waals surface area contributed by atoms with Crippen LogP contribution in [0, 0.1) is 0 Å². The van der Waals surface area contributed by atoms with Crippen molar-refractivity contribution in [3.05, 3.63) is 71.3 Å². The Kier molecular flexibility index (Phi) is 3.94. The number of pyridine rings is 1. The van der Waals surface area contributed by atoms with Gasteiger partial charge in [0.15, 0.2) is 0 Å². The van der Waals surface area contributed by atoms with Crippen LogP contribution >= 0.6 is 0 Å². The molecule has 3 rings (SSSR count). The standard InChI is InChI=1S/C18H14F3NO/c1-23-17-14(11-13-7-3-5-9-16(13)22-17)10-12-6-2-4-8-15(12)18(19,20)21/h2-9,11H,10H2,1H3. The number of ether oxygens (including phenoxy) is 1. The highest BCUT2D eigenvalue weighted by Gasteiger charge is 2.33. The Bertz CT molecular complexity index is 843. The lowest BCUT2D eigenvalue weighted by atomic mass is 9.99. The minimum absolute atomic E-state index is 0.108. The van der Waals surface area contributed by atoms with E-state index in [0.29, 0.717) is 11.4 Å². The monoisotopic (exact) mass is 317 g/mol. The second-order valence-electron chi connectivity index (χ2n) is 5.18. The highest BCUT2D eigenvalue weighted by molar-refractivity contribution is 5.80. The molecule has 0 aliphatic heterocycles. The maximum Gasteiger partial charge on any atom is 0.416 e. The number of para-hydroxylation sites is 1. The van der Waals surface area contributed by atoms with E-state index in [-0.39, 0.29) is 12.0 Å². The van der Waals surface area contributed by atoms with Crippen LogP contribution in [0.25, 0.3) is 10.9 Å². The van der Waals surface area contributed by atoms with Gasteiger partial charge in [0.1, 0.15) is 0 Å². The first-order valence-electron chi connectivity index (χ1n) is 7.07. The van der Waals surface area contributed by atoms with Gasteiger partial charge in [0.25, 0.3) is 0 Å². The third-order valence-electron chi connectivity index (χ3n) is 3.66. The van der Waals surface area contributed by atoms with Gasteiger partial charge in [-0.3, -0.25) is 0 Å². The predicted octanol–water partition coefficient (Wildman–Crippen LogP) is 4.85. The van der Waals surface area contributed by atoms with E-state index in [2.05, 4.69) is 4.98 Å². The first-order valence-corrected chi connectivity index (χ1v) is 7.07. The van der Waals surface area contributed by atoms with Gasteiger partial charge in [-0.05, 0) is 23.8 Å². The average Bonchev–Trinajstić information content (AvgIpc) is 2.53. The molecule has 1 heterocycles. The molecule has 5 heteroatoms. The molecule has 23 heavy (non-hydrogen) atoms. The smallest absolute Gasteiger partial charge is 0.416 e. The number of benzene rings is 2. The Balaban J connectivity index is 2.08. The van der Waals surface area contributed by atoms with Crippen LogP contribution in [0.3, 0.4) is 0 Å². The first kappa shape index (κ1) is 15.3. The largest absolute Gasteiger partial charge is 0.481 e. The Labute approximate surface area is 131 Å². The molecule has 0 N–H and O–H groups in total. The molecule has 3 aromatic rings. The SMILES string of the molecule is COc1nc2ccccc2cc1Cc1ccccc1C(F)(F)F. The molecule has 2 aromatic carbocycles. The summed E-state index contributed by atoms with van der Waals surface area (Å²) in [4.78, 5) is 4.38. The van der Waals surface area contributed by atoms with Crippen LogP contribution in [-0.4, -0.2) is 12.1 Å². The molecule has 0 fully saturated rings. The summed E-state index contributed by atoms with van der Waals surface area (Å²) in [6, 6.07) is 14.8. The average molecular weight is 317 g/mol.